The van der Waals surface area contributed by atoms with Gasteiger partial charge in [0.1, 0.15) is 0 Å². The first-order valence-electron chi connectivity index (χ1n) is 8.12. The lowest BCUT2D eigenvalue weighted by Gasteiger charge is -2.26. The van der Waals surface area contributed by atoms with Gasteiger partial charge in [-0.1, -0.05) is 36.4 Å². The van der Waals surface area contributed by atoms with E-state index in [1.54, 1.807) is 12.1 Å². The van der Waals surface area contributed by atoms with Gasteiger partial charge in [0.2, 0.25) is 5.91 Å². The lowest BCUT2D eigenvalue weighted by molar-refractivity contribution is -0.121. The van der Waals surface area contributed by atoms with E-state index in [1.807, 2.05) is 18.2 Å². The van der Waals surface area contributed by atoms with Crippen LogP contribution in [0.15, 0.2) is 48.5 Å². The SMILES string of the molecule is N#Cc1ccc(CCC(=O)NC2CCCc3ccccc32)cc1. The van der Waals surface area contributed by atoms with Crippen molar-refractivity contribution in [2.24, 2.45) is 0 Å². The van der Waals surface area contributed by atoms with Gasteiger partial charge in [-0.2, -0.15) is 5.26 Å². The summed E-state index contributed by atoms with van der Waals surface area (Å²) in [4.78, 5) is 12.3. The normalized spacial score (nSPS) is 16.2. The fraction of sp³-hybridized carbons (Fsp3) is 0.300. The third kappa shape index (κ3) is 3.78. The summed E-state index contributed by atoms with van der Waals surface area (Å²) in [5.74, 6) is 0.0936. The molecule has 0 heterocycles. The van der Waals surface area contributed by atoms with Crippen molar-refractivity contribution < 1.29 is 4.79 Å². The van der Waals surface area contributed by atoms with Crippen LogP contribution in [0, 0.1) is 11.3 Å². The van der Waals surface area contributed by atoms with Crippen molar-refractivity contribution >= 4 is 5.91 Å². The molecule has 3 heteroatoms. The van der Waals surface area contributed by atoms with Crippen LogP contribution in [0.3, 0.4) is 0 Å². The highest BCUT2D eigenvalue weighted by Crippen LogP contribution is 2.29. The highest BCUT2D eigenvalue weighted by Gasteiger charge is 2.21. The van der Waals surface area contributed by atoms with Gasteiger partial charge in [-0.15, -0.1) is 0 Å². The number of nitrogens with one attached hydrogen (secondary N) is 1. The Balaban J connectivity index is 1.57. The molecule has 2 aromatic rings. The molecule has 1 N–H and O–H groups in total. The van der Waals surface area contributed by atoms with Crippen molar-refractivity contribution in [3.63, 3.8) is 0 Å². The first-order chi connectivity index (χ1) is 11.3. The molecule has 0 bridgehead atoms. The number of rotatable bonds is 4. The molecule has 116 valence electrons. The molecule has 0 radical (unpaired) electrons. The standard InChI is InChI=1S/C20H20N2O/c21-14-16-10-8-15(9-11-16)12-13-20(23)22-19-7-3-5-17-4-1-2-6-18(17)19/h1-2,4,6,8-11,19H,3,5,7,12-13H2,(H,22,23). The summed E-state index contributed by atoms with van der Waals surface area (Å²) in [5, 5.41) is 12.0. The van der Waals surface area contributed by atoms with E-state index in [4.69, 9.17) is 5.26 Å². The van der Waals surface area contributed by atoms with Gasteiger partial charge in [0.15, 0.2) is 0 Å². The molecular formula is C20H20N2O. The van der Waals surface area contributed by atoms with Crippen molar-refractivity contribution in [3.05, 3.63) is 70.8 Å². The van der Waals surface area contributed by atoms with E-state index in [2.05, 4.69) is 29.6 Å². The van der Waals surface area contributed by atoms with Gasteiger partial charge in [-0.25, -0.2) is 0 Å². The molecule has 0 aliphatic heterocycles. The van der Waals surface area contributed by atoms with Gasteiger partial charge in [-0.3, -0.25) is 4.79 Å². The van der Waals surface area contributed by atoms with Crippen molar-refractivity contribution in [2.45, 2.75) is 38.1 Å². The number of hydrogen-bond donors (Lipinski definition) is 1. The van der Waals surface area contributed by atoms with Crippen LogP contribution < -0.4 is 5.32 Å². The lowest BCUT2D eigenvalue weighted by atomic mass is 9.87. The fourth-order valence-electron chi connectivity index (χ4n) is 3.17. The molecule has 3 rings (SSSR count). The second-order valence-electron chi connectivity index (χ2n) is 6.02. The van der Waals surface area contributed by atoms with Crippen molar-refractivity contribution in [1.82, 2.24) is 5.32 Å². The number of aryl methyl sites for hydroxylation is 2. The minimum atomic E-state index is 0.0936. The predicted octanol–water partition coefficient (Wildman–Crippen LogP) is 3.68. The van der Waals surface area contributed by atoms with Crippen molar-refractivity contribution in [2.75, 3.05) is 0 Å². The number of nitriles is 1. The Morgan fingerprint density at radius 2 is 1.96 bits per heavy atom. The average molecular weight is 304 g/mol. The van der Waals surface area contributed by atoms with Crippen LogP contribution in [-0.2, 0) is 17.6 Å². The van der Waals surface area contributed by atoms with Gasteiger partial charge in [-0.05, 0) is 54.5 Å². The third-order valence-corrected chi connectivity index (χ3v) is 4.43. The van der Waals surface area contributed by atoms with E-state index in [9.17, 15) is 4.79 Å². The summed E-state index contributed by atoms with van der Waals surface area (Å²) >= 11 is 0. The Morgan fingerprint density at radius 1 is 1.17 bits per heavy atom. The molecule has 3 nitrogen and oxygen atoms in total. The monoisotopic (exact) mass is 304 g/mol. The number of nitrogens with zero attached hydrogens (tertiary/aromatic N) is 1. The van der Waals surface area contributed by atoms with Gasteiger partial charge in [0.25, 0.3) is 0 Å². The van der Waals surface area contributed by atoms with Gasteiger partial charge >= 0.3 is 0 Å². The Hall–Kier alpha value is -2.60. The predicted molar refractivity (Wildman–Crippen MR) is 89.7 cm³/mol. The van der Waals surface area contributed by atoms with E-state index < -0.39 is 0 Å². The molecular weight excluding hydrogens is 284 g/mol. The number of fused-ring (bicyclic) bond motifs is 1. The number of carbonyl (C=O) groups excluding carboxylic acids is 1. The zero-order chi connectivity index (χ0) is 16.1. The molecule has 1 amide bonds. The first kappa shape index (κ1) is 15.3. The Bertz CT molecular complexity index is 728. The van der Waals surface area contributed by atoms with E-state index in [1.165, 1.54) is 11.1 Å². The number of hydrogen-bond acceptors (Lipinski definition) is 2. The summed E-state index contributed by atoms with van der Waals surface area (Å²) in [6.45, 7) is 0. The maximum atomic E-state index is 12.3. The highest BCUT2D eigenvalue weighted by molar-refractivity contribution is 5.76. The molecule has 0 saturated carbocycles. The molecule has 1 unspecified atom stereocenters. The van der Waals surface area contributed by atoms with E-state index in [0.29, 0.717) is 18.4 Å². The summed E-state index contributed by atoms with van der Waals surface area (Å²) in [5.41, 5.74) is 4.36. The highest BCUT2D eigenvalue weighted by atomic mass is 16.1. The lowest BCUT2D eigenvalue weighted by Crippen LogP contribution is -2.31. The van der Waals surface area contributed by atoms with Crippen molar-refractivity contribution in [3.8, 4) is 6.07 Å². The Kier molecular flexibility index (Phi) is 4.73. The maximum absolute atomic E-state index is 12.3. The van der Waals surface area contributed by atoms with Gasteiger partial charge in [0, 0.05) is 6.42 Å². The molecule has 0 aromatic heterocycles. The fourth-order valence-corrected chi connectivity index (χ4v) is 3.17. The van der Waals surface area contributed by atoms with Crippen LogP contribution in [0.4, 0.5) is 0 Å². The molecule has 2 aromatic carbocycles. The van der Waals surface area contributed by atoms with Crippen LogP contribution in [0.1, 0.15) is 47.6 Å². The van der Waals surface area contributed by atoms with Crippen molar-refractivity contribution in [1.29, 1.82) is 5.26 Å². The average Bonchev–Trinajstić information content (AvgIpc) is 2.61. The molecule has 23 heavy (non-hydrogen) atoms. The zero-order valence-electron chi connectivity index (χ0n) is 13.1. The molecule has 1 atom stereocenters. The Labute approximate surface area is 137 Å². The summed E-state index contributed by atoms with van der Waals surface area (Å²) in [6.07, 6.45) is 4.42. The van der Waals surface area contributed by atoms with E-state index in [0.717, 1.165) is 24.8 Å². The molecule has 1 aliphatic carbocycles. The zero-order valence-corrected chi connectivity index (χ0v) is 13.1. The van der Waals surface area contributed by atoms with Crippen LogP contribution >= 0.6 is 0 Å². The van der Waals surface area contributed by atoms with Crippen LogP contribution in [0.5, 0.6) is 0 Å². The van der Waals surface area contributed by atoms with E-state index >= 15 is 0 Å². The second kappa shape index (κ2) is 7.11. The number of benzene rings is 2. The van der Waals surface area contributed by atoms with Gasteiger partial charge < -0.3 is 5.32 Å². The minimum Gasteiger partial charge on any atom is -0.349 e. The van der Waals surface area contributed by atoms with E-state index in [-0.39, 0.29) is 11.9 Å². The first-order valence-corrected chi connectivity index (χ1v) is 8.12. The van der Waals surface area contributed by atoms with Crippen LogP contribution in [0.2, 0.25) is 0 Å². The smallest absolute Gasteiger partial charge is 0.220 e. The van der Waals surface area contributed by atoms with Crippen LogP contribution in [-0.4, -0.2) is 5.91 Å². The molecule has 0 saturated heterocycles. The summed E-state index contributed by atoms with van der Waals surface area (Å²) in [7, 11) is 0. The third-order valence-electron chi connectivity index (χ3n) is 4.43. The number of carbonyl (C=O) groups is 1. The number of amides is 1. The largest absolute Gasteiger partial charge is 0.349 e. The Morgan fingerprint density at radius 3 is 2.74 bits per heavy atom. The quantitative estimate of drug-likeness (QED) is 0.936. The summed E-state index contributed by atoms with van der Waals surface area (Å²) in [6, 6.07) is 18.1. The van der Waals surface area contributed by atoms with Gasteiger partial charge in [0.05, 0.1) is 17.7 Å². The van der Waals surface area contributed by atoms with Crippen LogP contribution in [0.25, 0.3) is 0 Å². The second-order valence-corrected chi connectivity index (χ2v) is 6.02. The summed E-state index contributed by atoms with van der Waals surface area (Å²) < 4.78 is 0. The molecule has 0 spiro atoms. The minimum absolute atomic E-state index is 0.0936. The molecule has 0 fully saturated rings. The maximum Gasteiger partial charge on any atom is 0.220 e. The topological polar surface area (TPSA) is 52.9 Å². The molecule has 1 aliphatic rings.